The summed E-state index contributed by atoms with van der Waals surface area (Å²) in [7, 11) is 0. The largest absolute Gasteiger partial charge is 0.491 e. The predicted molar refractivity (Wildman–Crippen MR) is 92.7 cm³/mol. The van der Waals surface area contributed by atoms with Crippen LogP contribution in [0, 0.1) is 0 Å². The number of hydrogen-bond acceptors (Lipinski definition) is 4. The van der Waals surface area contributed by atoms with Crippen molar-refractivity contribution in [2.75, 3.05) is 26.2 Å². The third kappa shape index (κ3) is 5.51. The molecule has 0 saturated carbocycles. The molecule has 0 aliphatic rings. The van der Waals surface area contributed by atoms with Gasteiger partial charge in [-0.25, -0.2) is 0 Å². The minimum absolute atomic E-state index is 0.0173. The van der Waals surface area contributed by atoms with Crippen LogP contribution in [-0.2, 0) is 6.54 Å². The Labute approximate surface area is 137 Å². The Morgan fingerprint density at radius 2 is 1.74 bits per heavy atom. The van der Waals surface area contributed by atoms with Crippen LogP contribution in [0.25, 0.3) is 0 Å². The Balaban J connectivity index is 1.91. The number of benzene rings is 2. The van der Waals surface area contributed by atoms with Gasteiger partial charge in [0, 0.05) is 26.2 Å². The molecule has 0 spiro atoms. The average molecular weight is 312 g/mol. The van der Waals surface area contributed by atoms with E-state index in [9.17, 15) is 4.79 Å². The monoisotopic (exact) mass is 312 g/mol. The zero-order valence-corrected chi connectivity index (χ0v) is 13.6. The van der Waals surface area contributed by atoms with Gasteiger partial charge in [0.1, 0.15) is 12.4 Å². The highest BCUT2D eigenvalue weighted by molar-refractivity contribution is 5.96. The summed E-state index contributed by atoms with van der Waals surface area (Å²) >= 11 is 0. The third-order valence-electron chi connectivity index (χ3n) is 3.63. The second kappa shape index (κ2) is 9.08. The number of carbonyl (C=O) groups excluding carboxylic acids is 1. The van der Waals surface area contributed by atoms with E-state index >= 15 is 0 Å². The van der Waals surface area contributed by atoms with Crippen LogP contribution in [-0.4, -0.2) is 36.9 Å². The summed E-state index contributed by atoms with van der Waals surface area (Å²) in [6.07, 6.45) is 0. The van der Waals surface area contributed by atoms with Crippen LogP contribution in [0.2, 0.25) is 0 Å². The lowest BCUT2D eigenvalue weighted by Crippen LogP contribution is -2.32. The van der Waals surface area contributed by atoms with Gasteiger partial charge in [-0.15, -0.1) is 0 Å². The summed E-state index contributed by atoms with van der Waals surface area (Å²) in [5.74, 6) is 0.663. The van der Waals surface area contributed by atoms with Gasteiger partial charge >= 0.3 is 0 Å². The van der Waals surface area contributed by atoms with Crippen LogP contribution < -0.4 is 10.5 Å². The molecule has 0 aromatic heterocycles. The molecule has 2 N–H and O–H groups in total. The van der Waals surface area contributed by atoms with Crippen LogP contribution in [0.4, 0.5) is 0 Å². The van der Waals surface area contributed by atoms with E-state index in [1.54, 1.807) is 13.0 Å². The van der Waals surface area contributed by atoms with Gasteiger partial charge in [0.2, 0.25) is 0 Å². The van der Waals surface area contributed by atoms with E-state index in [1.807, 2.05) is 36.4 Å². The first-order chi connectivity index (χ1) is 11.2. The van der Waals surface area contributed by atoms with Gasteiger partial charge < -0.3 is 10.5 Å². The SMILES string of the molecule is CC(=O)c1ccccc1OCCN(CCN)Cc1ccccc1. The molecule has 122 valence electrons. The molecule has 0 atom stereocenters. The Morgan fingerprint density at radius 3 is 2.43 bits per heavy atom. The van der Waals surface area contributed by atoms with Crippen molar-refractivity contribution in [2.24, 2.45) is 5.73 Å². The first kappa shape index (κ1) is 17.2. The average Bonchev–Trinajstić information content (AvgIpc) is 2.56. The highest BCUT2D eigenvalue weighted by Gasteiger charge is 2.09. The standard InChI is InChI=1S/C19H24N2O2/c1-16(22)18-9-5-6-10-19(18)23-14-13-21(12-11-20)15-17-7-3-2-4-8-17/h2-10H,11-15,20H2,1H3. The molecular formula is C19H24N2O2. The second-order valence-corrected chi connectivity index (χ2v) is 5.45. The smallest absolute Gasteiger partial charge is 0.163 e. The van der Waals surface area contributed by atoms with E-state index in [0.717, 1.165) is 19.6 Å². The van der Waals surface area contributed by atoms with E-state index in [-0.39, 0.29) is 5.78 Å². The zero-order valence-electron chi connectivity index (χ0n) is 13.6. The molecule has 0 bridgehead atoms. The highest BCUT2D eigenvalue weighted by atomic mass is 16.5. The number of Topliss-reactive ketones (excluding diaryl/α,β-unsaturated/α-hetero) is 1. The normalized spacial score (nSPS) is 10.7. The number of ether oxygens (including phenoxy) is 1. The molecule has 23 heavy (non-hydrogen) atoms. The molecular weight excluding hydrogens is 288 g/mol. The third-order valence-corrected chi connectivity index (χ3v) is 3.63. The van der Waals surface area contributed by atoms with Gasteiger partial charge in [0.15, 0.2) is 5.78 Å². The van der Waals surface area contributed by atoms with Gasteiger partial charge in [-0.05, 0) is 24.6 Å². The van der Waals surface area contributed by atoms with E-state index in [0.29, 0.717) is 24.5 Å². The maximum absolute atomic E-state index is 11.6. The summed E-state index contributed by atoms with van der Waals surface area (Å²) in [5, 5.41) is 0. The van der Waals surface area contributed by atoms with E-state index in [1.165, 1.54) is 5.56 Å². The molecule has 0 unspecified atom stereocenters. The number of carbonyl (C=O) groups is 1. The van der Waals surface area contributed by atoms with Gasteiger partial charge in [-0.2, -0.15) is 0 Å². The summed E-state index contributed by atoms with van der Waals surface area (Å²) in [5.41, 5.74) is 7.58. The summed E-state index contributed by atoms with van der Waals surface area (Å²) < 4.78 is 5.81. The van der Waals surface area contributed by atoms with Crippen molar-refractivity contribution in [2.45, 2.75) is 13.5 Å². The van der Waals surface area contributed by atoms with Crippen LogP contribution >= 0.6 is 0 Å². The number of nitrogens with two attached hydrogens (primary N) is 1. The lowest BCUT2D eigenvalue weighted by Gasteiger charge is -2.22. The number of ketones is 1. The molecule has 4 heteroatoms. The quantitative estimate of drug-likeness (QED) is 0.723. The van der Waals surface area contributed by atoms with Gasteiger partial charge in [0.05, 0.1) is 5.56 Å². The van der Waals surface area contributed by atoms with Crippen molar-refractivity contribution in [1.82, 2.24) is 4.90 Å². The van der Waals surface area contributed by atoms with E-state index in [2.05, 4.69) is 17.0 Å². The lowest BCUT2D eigenvalue weighted by molar-refractivity contribution is 0.101. The van der Waals surface area contributed by atoms with Gasteiger partial charge in [-0.3, -0.25) is 9.69 Å². The summed E-state index contributed by atoms with van der Waals surface area (Å²) in [6.45, 7) is 5.10. The lowest BCUT2D eigenvalue weighted by atomic mass is 10.1. The minimum Gasteiger partial charge on any atom is -0.491 e. The molecule has 2 aromatic carbocycles. The molecule has 0 aliphatic heterocycles. The summed E-state index contributed by atoms with van der Waals surface area (Å²) in [6, 6.07) is 17.7. The Kier molecular flexibility index (Phi) is 6.78. The molecule has 0 amide bonds. The van der Waals surface area contributed by atoms with Crippen LogP contribution in [0.3, 0.4) is 0 Å². The van der Waals surface area contributed by atoms with E-state index < -0.39 is 0 Å². The van der Waals surface area contributed by atoms with Crippen molar-refractivity contribution in [1.29, 1.82) is 0 Å². The van der Waals surface area contributed by atoms with Crippen molar-refractivity contribution >= 4 is 5.78 Å². The molecule has 0 radical (unpaired) electrons. The van der Waals surface area contributed by atoms with Crippen LogP contribution in [0.15, 0.2) is 54.6 Å². The molecule has 2 aromatic rings. The van der Waals surface area contributed by atoms with Gasteiger partial charge in [0.25, 0.3) is 0 Å². The Hall–Kier alpha value is -2.17. The van der Waals surface area contributed by atoms with E-state index in [4.69, 9.17) is 10.5 Å². The predicted octanol–water partition coefficient (Wildman–Crippen LogP) is 2.73. The maximum Gasteiger partial charge on any atom is 0.163 e. The molecule has 0 saturated heterocycles. The maximum atomic E-state index is 11.6. The number of rotatable bonds is 9. The fourth-order valence-corrected chi connectivity index (χ4v) is 2.46. The fourth-order valence-electron chi connectivity index (χ4n) is 2.46. The first-order valence-corrected chi connectivity index (χ1v) is 7.90. The fraction of sp³-hybridized carbons (Fsp3) is 0.316. The van der Waals surface area contributed by atoms with Crippen molar-refractivity contribution in [3.8, 4) is 5.75 Å². The molecule has 4 nitrogen and oxygen atoms in total. The van der Waals surface area contributed by atoms with Crippen molar-refractivity contribution in [3.05, 3.63) is 65.7 Å². The molecule has 0 fully saturated rings. The Bertz CT molecular complexity index is 614. The number of nitrogens with zero attached hydrogens (tertiary/aromatic N) is 1. The number of hydrogen-bond donors (Lipinski definition) is 1. The van der Waals surface area contributed by atoms with Crippen LogP contribution in [0.5, 0.6) is 5.75 Å². The first-order valence-electron chi connectivity index (χ1n) is 7.90. The van der Waals surface area contributed by atoms with Crippen LogP contribution in [0.1, 0.15) is 22.8 Å². The topological polar surface area (TPSA) is 55.6 Å². The zero-order chi connectivity index (χ0) is 16.5. The van der Waals surface area contributed by atoms with Gasteiger partial charge in [-0.1, -0.05) is 42.5 Å². The minimum atomic E-state index is 0.0173. The Morgan fingerprint density at radius 1 is 1.04 bits per heavy atom. The second-order valence-electron chi connectivity index (χ2n) is 5.45. The van der Waals surface area contributed by atoms with Crippen molar-refractivity contribution in [3.63, 3.8) is 0 Å². The highest BCUT2D eigenvalue weighted by Crippen LogP contribution is 2.18. The molecule has 2 rings (SSSR count). The van der Waals surface area contributed by atoms with Crippen molar-refractivity contribution < 1.29 is 9.53 Å². The summed E-state index contributed by atoms with van der Waals surface area (Å²) in [4.78, 5) is 13.9. The number of para-hydroxylation sites is 1. The molecule has 0 heterocycles. The molecule has 0 aliphatic carbocycles.